The first-order valence-corrected chi connectivity index (χ1v) is 7.38. The molecule has 0 aliphatic rings. The molecule has 0 aliphatic carbocycles. The molecule has 0 radical (unpaired) electrons. The molecular weight excluding hydrogens is 290 g/mol. The topological polar surface area (TPSA) is 72.7 Å². The maximum atomic E-state index is 12.3. The second-order valence-corrected chi connectivity index (χ2v) is 5.15. The Bertz CT molecular complexity index is 728. The van der Waals surface area contributed by atoms with Crippen molar-refractivity contribution in [2.24, 2.45) is 0 Å². The van der Waals surface area contributed by atoms with Gasteiger partial charge in [-0.3, -0.25) is 9.78 Å². The summed E-state index contributed by atoms with van der Waals surface area (Å²) in [7, 11) is 0. The van der Waals surface area contributed by atoms with E-state index in [1.54, 1.807) is 29.6 Å². The summed E-state index contributed by atoms with van der Waals surface area (Å²) < 4.78 is 0. The molecule has 116 valence electrons. The molecule has 1 N–H and O–H groups in total. The van der Waals surface area contributed by atoms with Gasteiger partial charge in [0.05, 0.1) is 31.4 Å². The minimum Gasteiger partial charge on any atom is -0.347 e. The van der Waals surface area contributed by atoms with E-state index in [1.165, 1.54) is 0 Å². The molecule has 3 rings (SSSR count). The van der Waals surface area contributed by atoms with Crippen molar-refractivity contribution in [1.82, 2.24) is 25.3 Å². The Labute approximate surface area is 134 Å². The first-order valence-electron chi connectivity index (χ1n) is 7.38. The Hall–Kier alpha value is -3.02. The smallest absolute Gasteiger partial charge is 0.225 e. The van der Waals surface area contributed by atoms with Crippen molar-refractivity contribution in [3.05, 3.63) is 78.4 Å². The molecule has 0 aliphatic heterocycles. The number of pyridine rings is 1. The summed E-state index contributed by atoms with van der Waals surface area (Å²) in [6.45, 7) is 0.482. The normalized spacial score (nSPS) is 11.8. The SMILES string of the molecule is O=C(Cc1cccnc1)N[C@@H](Cn1nccn1)c1ccccc1. The van der Waals surface area contributed by atoms with Crippen LogP contribution in [0.3, 0.4) is 0 Å². The highest BCUT2D eigenvalue weighted by Gasteiger charge is 2.16. The van der Waals surface area contributed by atoms with E-state index in [0.717, 1.165) is 11.1 Å². The Morgan fingerprint density at radius 2 is 1.83 bits per heavy atom. The third-order valence-electron chi connectivity index (χ3n) is 3.44. The summed E-state index contributed by atoms with van der Waals surface area (Å²) >= 11 is 0. The monoisotopic (exact) mass is 307 g/mol. The van der Waals surface area contributed by atoms with Crippen LogP contribution >= 0.6 is 0 Å². The van der Waals surface area contributed by atoms with Gasteiger partial charge in [-0.15, -0.1) is 0 Å². The lowest BCUT2D eigenvalue weighted by atomic mass is 10.1. The van der Waals surface area contributed by atoms with Crippen LogP contribution in [0.1, 0.15) is 17.2 Å². The molecule has 1 aromatic carbocycles. The Balaban J connectivity index is 1.72. The molecule has 6 nitrogen and oxygen atoms in total. The van der Waals surface area contributed by atoms with Crippen LogP contribution in [0.25, 0.3) is 0 Å². The van der Waals surface area contributed by atoms with Crippen LogP contribution in [0.2, 0.25) is 0 Å². The number of rotatable bonds is 6. The zero-order valence-electron chi connectivity index (χ0n) is 12.5. The molecule has 1 amide bonds. The van der Waals surface area contributed by atoms with E-state index in [4.69, 9.17) is 0 Å². The Morgan fingerprint density at radius 3 is 2.52 bits per heavy atom. The number of amides is 1. The Morgan fingerprint density at radius 1 is 1.04 bits per heavy atom. The van der Waals surface area contributed by atoms with Crippen LogP contribution in [-0.2, 0) is 17.8 Å². The van der Waals surface area contributed by atoms with Gasteiger partial charge in [0.25, 0.3) is 0 Å². The summed E-state index contributed by atoms with van der Waals surface area (Å²) in [6, 6.07) is 13.3. The molecule has 0 spiro atoms. The molecule has 0 saturated heterocycles. The fourth-order valence-corrected chi connectivity index (χ4v) is 2.35. The third-order valence-corrected chi connectivity index (χ3v) is 3.44. The molecular formula is C17H17N5O. The average Bonchev–Trinajstić information content (AvgIpc) is 3.09. The predicted molar refractivity (Wildman–Crippen MR) is 85.3 cm³/mol. The van der Waals surface area contributed by atoms with Gasteiger partial charge in [-0.05, 0) is 17.2 Å². The van der Waals surface area contributed by atoms with Crippen LogP contribution in [0, 0.1) is 0 Å². The molecule has 0 fully saturated rings. The fourth-order valence-electron chi connectivity index (χ4n) is 2.35. The van der Waals surface area contributed by atoms with E-state index in [1.807, 2.05) is 42.5 Å². The summed E-state index contributed by atoms with van der Waals surface area (Å²) in [5.74, 6) is -0.0565. The predicted octanol–water partition coefficient (Wildman–Crippen LogP) is 1.77. The molecule has 0 saturated carbocycles. The highest BCUT2D eigenvalue weighted by atomic mass is 16.1. The van der Waals surface area contributed by atoms with Gasteiger partial charge in [0, 0.05) is 12.4 Å². The van der Waals surface area contributed by atoms with Gasteiger partial charge in [-0.2, -0.15) is 15.0 Å². The van der Waals surface area contributed by atoms with Gasteiger partial charge >= 0.3 is 0 Å². The zero-order valence-corrected chi connectivity index (χ0v) is 12.5. The van der Waals surface area contributed by atoms with E-state index >= 15 is 0 Å². The van der Waals surface area contributed by atoms with Gasteiger partial charge in [0.15, 0.2) is 0 Å². The van der Waals surface area contributed by atoms with Gasteiger partial charge in [0.2, 0.25) is 5.91 Å². The molecule has 2 heterocycles. The maximum Gasteiger partial charge on any atom is 0.225 e. The minimum absolute atomic E-state index is 0.0565. The number of nitrogens with zero attached hydrogens (tertiary/aromatic N) is 4. The second-order valence-electron chi connectivity index (χ2n) is 5.15. The van der Waals surface area contributed by atoms with Crippen LogP contribution < -0.4 is 5.32 Å². The van der Waals surface area contributed by atoms with Crippen molar-refractivity contribution < 1.29 is 4.79 Å². The zero-order chi connectivity index (χ0) is 15.9. The number of benzene rings is 1. The van der Waals surface area contributed by atoms with E-state index in [0.29, 0.717) is 13.0 Å². The molecule has 0 unspecified atom stereocenters. The molecule has 3 aromatic rings. The lowest BCUT2D eigenvalue weighted by Gasteiger charge is -2.18. The van der Waals surface area contributed by atoms with Gasteiger partial charge in [-0.25, -0.2) is 0 Å². The average molecular weight is 307 g/mol. The quantitative estimate of drug-likeness (QED) is 0.753. The lowest BCUT2D eigenvalue weighted by Crippen LogP contribution is -2.33. The largest absolute Gasteiger partial charge is 0.347 e. The summed E-state index contributed by atoms with van der Waals surface area (Å²) in [5, 5.41) is 11.3. The van der Waals surface area contributed by atoms with Crippen molar-refractivity contribution in [2.75, 3.05) is 0 Å². The van der Waals surface area contributed by atoms with Crippen molar-refractivity contribution in [2.45, 2.75) is 19.0 Å². The Kier molecular flexibility index (Phi) is 4.73. The second kappa shape index (κ2) is 7.31. The van der Waals surface area contributed by atoms with Crippen molar-refractivity contribution in [3.63, 3.8) is 0 Å². The van der Waals surface area contributed by atoms with Crippen LogP contribution in [0.15, 0.2) is 67.3 Å². The third kappa shape index (κ3) is 4.23. The molecule has 23 heavy (non-hydrogen) atoms. The van der Waals surface area contributed by atoms with E-state index in [-0.39, 0.29) is 11.9 Å². The van der Waals surface area contributed by atoms with E-state index in [2.05, 4.69) is 20.5 Å². The number of hydrogen-bond donors (Lipinski definition) is 1. The maximum absolute atomic E-state index is 12.3. The molecule has 6 heteroatoms. The first-order chi connectivity index (χ1) is 11.3. The van der Waals surface area contributed by atoms with Crippen molar-refractivity contribution >= 4 is 5.91 Å². The summed E-state index contributed by atoms with van der Waals surface area (Å²) in [6.07, 6.45) is 6.94. The lowest BCUT2D eigenvalue weighted by molar-refractivity contribution is -0.121. The standard InChI is InChI=1S/C17H17N5O/c23-17(11-14-5-4-8-18-12-14)21-16(13-22-19-9-10-20-22)15-6-2-1-3-7-15/h1-10,12,16H,11,13H2,(H,21,23)/t16-/m0/s1. The van der Waals surface area contributed by atoms with Crippen LogP contribution in [-0.4, -0.2) is 25.9 Å². The first kappa shape index (κ1) is 14.9. The highest BCUT2D eigenvalue weighted by molar-refractivity contribution is 5.78. The molecule has 2 aromatic heterocycles. The summed E-state index contributed by atoms with van der Waals surface area (Å²) in [4.78, 5) is 17.9. The highest BCUT2D eigenvalue weighted by Crippen LogP contribution is 2.14. The fraction of sp³-hybridized carbons (Fsp3) is 0.176. The van der Waals surface area contributed by atoms with Crippen molar-refractivity contribution in [3.8, 4) is 0 Å². The molecule has 1 atom stereocenters. The molecule has 0 bridgehead atoms. The minimum atomic E-state index is -0.187. The number of aromatic nitrogens is 4. The van der Waals surface area contributed by atoms with E-state index < -0.39 is 0 Å². The van der Waals surface area contributed by atoms with Gasteiger partial charge in [-0.1, -0.05) is 36.4 Å². The summed E-state index contributed by atoms with van der Waals surface area (Å²) in [5.41, 5.74) is 1.90. The number of carbonyl (C=O) groups excluding carboxylic acids is 1. The van der Waals surface area contributed by atoms with E-state index in [9.17, 15) is 4.79 Å². The van der Waals surface area contributed by atoms with Gasteiger partial charge < -0.3 is 5.32 Å². The number of hydrogen-bond acceptors (Lipinski definition) is 4. The number of carbonyl (C=O) groups is 1. The van der Waals surface area contributed by atoms with Crippen LogP contribution in [0.5, 0.6) is 0 Å². The van der Waals surface area contributed by atoms with Crippen LogP contribution in [0.4, 0.5) is 0 Å². The van der Waals surface area contributed by atoms with Gasteiger partial charge in [0.1, 0.15) is 0 Å². The van der Waals surface area contributed by atoms with Crippen molar-refractivity contribution in [1.29, 1.82) is 0 Å². The number of nitrogens with one attached hydrogen (secondary N) is 1.